The van der Waals surface area contributed by atoms with E-state index in [9.17, 15) is 9.59 Å². The van der Waals surface area contributed by atoms with Gasteiger partial charge in [0.1, 0.15) is 11.4 Å². The number of aromatic nitrogens is 3. The molecular weight excluding hydrogens is 308 g/mol. The van der Waals surface area contributed by atoms with E-state index in [2.05, 4.69) is 15.3 Å². The quantitative estimate of drug-likeness (QED) is 0.799. The first-order valence-corrected chi connectivity index (χ1v) is 8.04. The smallest absolute Gasteiger partial charge is 0.262 e. The van der Waals surface area contributed by atoms with Gasteiger partial charge in [-0.1, -0.05) is 6.92 Å². The van der Waals surface area contributed by atoms with Gasteiger partial charge in [-0.15, -0.1) is 22.7 Å². The first kappa shape index (κ1) is 13.9. The Balaban J connectivity index is 1.85. The molecular formula is C13H12N4O2S2. The van der Waals surface area contributed by atoms with Crippen molar-refractivity contribution in [2.45, 2.75) is 19.9 Å². The number of nitrogens with zero attached hydrogens (tertiary/aromatic N) is 3. The van der Waals surface area contributed by atoms with Crippen LogP contribution in [0.2, 0.25) is 0 Å². The van der Waals surface area contributed by atoms with Gasteiger partial charge in [-0.25, -0.2) is 9.97 Å². The van der Waals surface area contributed by atoms with Crippen molar-refractivity contribution < 1.29 is 4.79 Å². The molecule has 3 aromatic heterocycles. The van der Waals surface area contributed by atoms with E-state index in [4.69, 9.17) is 0 Å². The van der Waals surface area contributed by atoms with Crippen molar-refractivity contribution in [3.63, 3.8) is 0 Å². The van der Waals surface area contributed by atoms with E-state index in [1.807, 2.05) is 13.0 Å². The fourth-order valence-electron chi connectivity index (χ4n) is 1.90. The van der Waals surface area contributed by atoms with Gasteiger partial charge >= 0.3 is 0 Å². The third kappa shape index (κ3) is 2.86. The lowest BCUT2D eigenvalue weighted by Crippen LogP contribution is -2.27. The van der Waals surface area contributed by atoms with Gasteiger partial charge in [0.2, 0.25) is 5.91 Å². The third-order valence-corrected chi connectivity index (χ3v) is 4.79. The maximum absolute atomic E-state index is 12.3. The predicted molar refractivity (Wildman–Crippen MR) is 84.0 cm³/mol. The number of thiazole rings is 1. The molecule has 0 aliphatic carbocycles. The molecule has 3 heterocycles. The number of aryl methyl sites for hydroxylation is 1. The summed E-state index contributed by atoms with van der Waals surface area (Å²) >= 11 is 2.84. The number of anilines is 1. The molecule has 3 rings (SSSR count). The average molecular weight is 320 g/mol. The standard InChI is InChI=1S/C13H12N4O2S2/c1-2-8-5-9-11(21-8)15-7-17(12(9)19)6-10(18)16-13-14-3-4-20-13/h3-5,7H,2,6H2,1H3,(H,14,16,18). The van der Waals surface area contributed by atoms with Crippen molar-refractivity contribution in [3.8, 4) is 0 Å². The van der Waals surface area contributed by atoms with E-state index in [0.29, 0.717) is 15.3 Å². The SMILES string of the molecule is CCc1cc2c(=O)n(CC(=O)Nc3nccs3)cnc2s1. The van der Waals surface area contributed by atoms with Crippen molar-refractivity contribution in [2.75, 3.05) is 5.32 Å². The maximum Gasteiger partial charge on any atom is 0.262 e. The number of amides is 1. The zero-order valence-electron chi connectivity index (χ0n) is 11.2. The Kier molecular flexibility index (Phi) is 3.80. The number of carbonyl (C=O) groups excluding carboxylic acids is 1. The lowest BCUT2D eigenvalue weighted by Gasteiger charge is -2.04. The lowest BCUT2D eigenvalue weighted by molar-refractivity contribution is -0.116. The summed E-state index contributed by atoms with van der Waals surface area (Å²) < 4.78 is 1.32. The minimum absolute atomic E-state index is 0.0708. The number of thiophene rings is 1. The fourth-order valence-corrected chi connectivity index (χ4v) is 3.37. The van der Waals surface area contributed by atoms with Crippen LogP contribution >= 0.6 is 22.7 Å². The number of rotatable bonds is 4. The first-order chi connectivity index (χ1) is 10.2. The minimum Gasteiger partial charge on any atom is -0.300 e. The van der Waals surface area contributed by atoms with Crippen LogP contribution in [0.1, 0.15) is 11.8 Å². The second kappa shape index (κ2) is 5.74. The fraction of sp³-hybridized carbons (Fsp3) is 0.231. The molecule has 0 aromatic carbocycles. The summed E-state index contributed by atoms with van der Waals surface area (Å²) in [7, 11) is 0. The third-order valence-electron chi connectivity index (χ3n) is 2.91. The Labute approximate surface area is 128 Å². The van der Waals surface area contributed by atoms with Crippen LogP contribution in [0.3, 0.4) is 0 Å². The van der Waals surface area contributed by atoms with Crippen LogP contribution in [0.5, 0.6) is 0 Å². The second-order valence-corrected chi connectivity index (χ2v) is 6.36. The van der Waals surface area contributed by atoms with Crippen molar-refractivity contribution in [1.29, 1.82) is 0 Å². The summed E-state index contributed by atoms with van der Waals surface area (Å²) in [6, 6.07) is 1.85. The average Bonchev–Trinajstić information content (AvgIpc) is 3.11. The van der Waals surface area contributed by atoms with Gasteiger partial charge in [0, 0.05) is 16.5 Å². The molecule has 0 aliphatic rings. The van der Waals surface area contributed by atoms with Crippen LogP contribution in [-0.2, 0) is 17.8 Å². The Hall–Kier alpha value is -2.06. The van der Waals surface area contributed by atoms with Crippen LogP contribution in [0.4, 0.5) is 5.13 Å². The zero-order valence-corrected chi connectivity index (χ0v) is 12.8. The summed E-state index contributed by atoms with van der Waals surface area (Å²) in [6.45, 7) is 1.96. The molecule has 0 atom stereocenters. The predicted octanol–water partition coefficient (Wildman–Crippen LogP) is 2.12. The summed E-state index contributed by atoms with van der Waals surface area (Å²) in [5, 5.41) is 5.51. The number of fused-ring (bicyclic) bond motifs is 1. The topological polar surface area (TPSA) is 76.9 Å². The highest BCUT2D eigenvalue weighted by Gasteiger charge is 2.11. The van der Waals surface area contributed by atoms with Crippen molar-refractivity contribution in [3.05, 3.63) is 39.2 Å². The Morgan fingerprint density at radius 2 is 2.29 bits per heavy atom. The maximum atomic E-state index is 12.3. The van der Waals surface area contributed by atoms with Crippen LogP contribution in [-0.4, -0.2) is 20.4 Å². The van der Waals surface area contributed by atoms with Crippen LogP contribution in [0, 0.1) is 0 Å². The largest absolute Gasteiger partial charge is 0.300 e. The van der Waals surface area contributed by atoms with Crippen molar-refractivity contribution in [2.24, 2.45) is 0 Å². The second-order valence-electron chi connectivity index (χ2n) is 4.35. The number of hydrogen-bond acceptors (Lipinski definition) is 6. The molecule has 0 saturated heterocycles. The monoisotopic (exact) mass is 320 g/mol. The van der Waals surface area contributed by atoms with E-state index >= 15 is 0 Å². The minimum atomic E-state index is -0.292. The molecule has 0 spiro atoms. The highest BCUT2D eigenvalue weighted by atomic mass is 32.1. The van der Waals surface area contributed by atoms with Crippen LogP contribution in [0.15, 0.2) is 28.8 Å². The molecule has 0 bridgehead atoms. The number of nitrogens with one attached hydrogen (secondary N) is 1. The molecule has 6 nitrogen and oxygen atoms in total. The highest BCUT2D eigenvalue weighted by Crippen LogP contribution is 2.20. The van der Waals surface area contributed by atoms with Gasteiger partial charge < -0.3 is 5.32 Å². The number of hydrogen-bond donors (Lipinski definition) is 1. The van der Waals surface area contributed by atoms with Gasteiger partial charge in [-0.2, -0.15) is 0 Å². The van der Waals surface area contributed by atoms with Crippen LogP contribution in [0.25, 0.3) is 10.2 Å². The van der Waals surface area contributed by atoms with Gasteiger partial charge in [0.15, 0.2) is 5.13 Å². The molecule has 0 fully saturated rings. The highest BCUT2D eigenvalue weighted by molar-refractivity contribution is 7.18. The summed E-state index contributed by atoms with van der Waals surface area (Å²) in [4.78, 5) is 34.3. The van der Waals surface area contributed by atoms with Gasteiger partial charge in [0.25, 0.3) is 5.56 Å². The first-order valence-electron chi connectivity index (χ1n) is 6.34. The van der Waals surface area contributed by atoms with E-state index < -0.39 is 0 Å². The van der Waals surface area contributed by atoms with E-state index in [1.54, 1.807) is 11.6 Å². The molecule has 3 aromatic rings. The summed E-state index contributed by atoms with van der Waals surface area (Å²) in [6.07, 6.45) is 3.89. The van der Waals surface area contributed by atoms with E-state index in [-0.39, 0.29) is 18.0 Å². The van der Waals surface area contributed by atoms with Gasteiger partial charge in [-0.3, -0.25) is 14.2 Å². The summed E-state index contributed by atoms with van der Waals surface area (Å²) in [5.74, 6) is -0.292. The molecule has 8 heteroatoms. The van der Waals surface area contributed by atoms with E-state index in [0.717, 1.165) is 11.3 Å². The molecule has 0 aliphatic heterocycles. The van der Waals surface area contributed by atoms with Crippen LogP contribution < -0.4 is 10.9 Å². The Bertz CT molecular complexity index is 836. The Morgan fingerprint density at radius 3 is 3.00 bits per heavy atom. The molecule has 0 saturated carbocycles. The van der Waals surface area contributed by atoms with Crippen molar-refractivity contribution >= 4 is 43.9 Å². The molecule has 0 radical (unpaired) electrons. The molecule has 1 amide bonds. The molecule has 108 valence electrons. The van der Waals surface area contributed by atoms with Crippen molar-refractivity contribution in [1.82, 2.24) is 14.5 Å². The molecule has 1 N–H and O–H groups in total. The van der Waals surface area contributed by atoms with Gasteiger partial charge in [0.05, 0.1) is 11.7 Å². The zero-order chi connectivity index (χ0) is 14.8. The van der Waals surface area contributed by atoms with Gasteiger partial charge in [-0.05, 0) is 12.5 Å². The number of carbonyl (C=O) groups is 1. The van der Waals surface area contributed by atoms with E-state index in [1.165, 1.54) is 33.6 Å². The molecule has 21 heavy (non-hydrogen) atoms. The molecule has 0 unspecified atom stereocenters. The Morgan fingerprint density at radius 1 is 1.43 bits per heavy atom. The summed E-state index contributed by atoms with van der Waals surface area (Å²) in [5.41, 5.74) is -0.190. The lowest BCUT2D eigenvalue weighted by atomic mass is 10.3. The normalized spacial score (nSPS) is 10.9.